The SMILES string of the molecule is CC(CCCN(CCCN)C(C)(C)C)N(C/C=C/N)CCC(=O)NCCSSCCNC(=O)CCC(C)(C)C. The lowest BCUT2D eigenvalue weighted by Crippen LogP contribution is -2.43. The molecule has 0 bridgehead atoms. The van der Waals surface area contributed by atoms with E-state index < -0.39 is 0 Å². The normalized spacial score (nSPS) is 13.4. The molecule has 10 heteroatoms. The quantitative estimate of drug-likeness (QED) is 0.110. The van der Waals surface area contributed by atoms with E-state index in [1.165, 1.54) is 0 Å². The topological polar surface area (TPSA) is 117 Å². The molecule has 39 heavy (non-hydrogen) atoms. The first kappa shape index (κ1) is 38.1. The highest BCUT2D eigenvalue weighted by molar-refractivity contribution is 8.76. The average molecular weight is 589 g/mol. The summed E-state index contributed by atoms with van der Waals surface area (Å²) in [6.07, 6.45) is 8.68. The molecule has 8 nitrogen and oxygen atoms in total. The fourth-order valence-electron chi connectivity index (χ4n) is 4.01. The van der Waals surface area contributed by atoms with Gasteiger partial charge in [0.15, 0.2) is 0 Å². The molecule has 0 aliphatic rings. The Labute approximate surface area is 248 Å². The highest BCUT2D eigenvalue weighted by Gasteiger charge is 2.21. The Hall–Kier alpha value is -0.940. The van der Waals surface area contributed by atoms with Crippen molar-refractivity contribution in [1.29, 1.82) is 0 Å². The Balaban J connectivity index is 4.19. The lowest BCUT2D eigenvalue weighted by atomic mass is 9.90. The van der Waals surface area contributed by atoms with E-state index >= 15 is 0 Å². The molecular formula is C29H60N6O2S2. The van der Waals surface area contributed by atoms with Gasteiger partial charge in [-0.1, -0.05) is 48.4 Å². The van der Waals surface area contributed by atoms with Gasteiger partial charge < -0.3 is 22.1 Å². The third-order valence-corrected chi connectivity index (χ3v) is 8.96. The van der Waals surface area contributed by atoms with Crippen LogP contribution in [0.4, 0.5) is 0 Å². The molecule has 6 N–H and O–H groups in total. The first-order chi connectivity index (χ1) is 18.3. The van der Waals surface area contributed by atoms with Gasteiger partial charge in [0.05, 0.1) is 0 Å². The summed E-state index contributed by atoms with van der Waals surface area (Å²) in [4.78, 5) is 29.2. The number of nitrogens with zero attached hydrogens (tertiary/aromatic N) is 2. The number of carbonyl (C=O) groups excluding carboxylic acids is 2. The number of amides is 2. The van der Waals surface area contributed by atoms with Gasteiger partial charge in [0.2, 0.25) is 11.8 Å². The van der Waals surface area contributed by atoms with E-state index in [-0.39, 0.29) is 22.8 Å². The molecular weight excluding hydrogens is 528 g/mol. The number of nitrogens with one attached hydrogen (secondary N) is 2. The first-order valence-corrected chi connectivity index (χ1v) is 17.1. The minimum absolute atomic E-state index is 0.0846. The van der Waals surface area contributed by atoms with Crippen LogP contribution < -0.4 is 22.1 Å². The molecule has 0 aliphatic carbocycles. The van der Waals surface area contributed by atoms with E-state index in [1.54, 1.807) is 27.8 Å². The van der Waals surface area contributed by atoms with Crippen molar-refractivity contribution in [2.45, 2.75) is 98.6 Å². The predicted molar refractivity (Wildman–Crippen MR) is 173 cm³/mol. The van der Waals surface area contributed by atoms with Crippen molar-refractivity contribution < 1.29 is 9.59 Å². The van der Waals surface area contributed by atoms with Crippen molar-refractivity contribution in [3.8, 4) is 0 Å². The fourth-order valence-corrected chi connectivity index (χ4v) is 5.82. The third-order valence-electron chi connectivity index (χ3n) is 6.56. The monoisotopic (exact) mass is 588 g/mol. The van der Waals surface area contributed by atoms with Crippen LogP contribution in [-0.4, -0.2) is 90.5 Å². The van der Waals surface area contributed by atoms with E-state index in [9.17, 15) is 9.59 Å². The lowest BCUT2D eigenvalue weighted by Gasteiger charge is -2.36. The first-order valence-electron chi connectivity index (χ1n) is 14.6. The fraction of sp³-hybridized carbons (Fsp3) is 0.862. The summed E-state index contributed by atoms with van der Waals surface area (Å²) < 4.78 is 0. The maximum atomic E-state index is 12.4. The molecule has 0 rings (SSSR count). The summed E-state index contributed by atoms with van der Waals surface area (Å²) in [5.74, 6) is 1.92. The highest BCUT2D eigenvalue weighted by Crippen LogP contribution is 2.21. The largest absolute Gasteiger partial charge is 0.405 e. The van der Waals surface area contributed by atoms with Crippen LogP contribution in [0.25, 0.3) is 0 Å². The van der Waals surface area contributed by atoms with Crippen molar-refractivity contribution in [3.63, 3.8) is 0 Å². The molecule has 0 aromatic rings. The molecule has 0 radical (unpaired) electrons. The molecule has 0 aromatic heterocycles. The molecule has 1 atom stereocenters. The van der Waals surface area contributed by atoms with Crippen LogP contribution in [-0.2, 0) is 9.59 Å². The highest BCUT2D eigenvalue weighted by atomic mass is 33.1. The molecule has 0 spiro atoms. The minimum atomic E-state index is 0.0846. The van der Waals surface area contributed by atoms with E-state index in [0.717, 1.165) is 63.4 Å². The summed E-state index contributed by atoms with van der Waals surface area (Å²) in [5.41, 5.74) is 11.7. The van der Waals surface area contributed by atoms with E-state index in [2.05, 4.69) is 68.9 Å². The average Bonchev–Trinajstić information content (AvgIpc) is 2.85. The smallest absolute Gasteiger partial charge is 0.221 e. The summed E-state index contributed by atoms with van der Waals surface area (Å²) >= 11 is 0. The Bertz CT molecular complexity index is 680. The molecule has 230 valence electrons. The van der Waals surface area contributed by atoms with Crippen LogP contribution in [0.5, 0.6) is 0 Å². The van der Waals surface area contributed by atoms with Crippen LogP contribution in [0.15, 0.2) is 12.3 Å². The zero-order valence-corrected chi connectivity index (χ0v) is 27.7. The van der Waals surface area contributed by atoms with Gasteiger partial charge in [-0.2, -0.15) is 0 Å². The zero-order valence-electron chi connectivity index (χ0n) is 26.0. The van der Waals surface area contributed by atoms with Gasteiger partial charge in [-0.05, 0) is 84.6 Å². The summed E-state index contributed by atoms with van der Waals surface area (Å²) in [5, 5.41) is 6.02. The van der Waals surface area contributed by atoms with Crippen LogP contribution in [0.2, 0.25) is 0 Å². The van der Waals surface area contributed by atoms with Gasteiger partial charge in [0.25, 0.3) is 0 Å². The molecule has 0 saturated carbocycles. The van der Waals surface area contributed by atoms with Crippen molar-refractivity contribution >= 4 is 33.4 Å². The maximum Gasteiger partial charge on any atom is 0.221 e. The number of rotatable bonds is 22. The van der Waals surface area contributed by atoms with Gasteiger partial charge in [-0.15, -0.1) is 0 Å². The van der Waals surface area contributed by atoms with Gasteiger partial charge >= 0.3 is 0 Å². The Morgan fingerprint density at radius 1 is 0.897 bits per heavy atom. The summed E-state index contributed by atoms with van der Waals surface area (Å²) in [6.45, 7) is 21.1. The molecule has 0 aliphatic heterocycles. The molecule has 2 amide bonds. The van der Waals surface area contributed by atoms with Crippen LogP contribution in [0, 0.1) is 5.41 Å². The number of hydrogen-bond acceptors (Lipinski definition) is 8. The second-order valence-electron chi connectivity index (χ2n) is 12.4. The van der Waals surface area contributed by atoms with Gasteiger partial charge in [0.1, 0.15) is 0 Å². The molecule has 0 fully saturated rings. The number of nitrogens with two attached hydrogens (primary N) is 2. The minimum Gasteiger partial charge on any atom is -0.405 e. The Kier molecular flexibility index (Phi) is 21.2. The number of carbonyl (C=O) groups is 2. The predicted octanol–water partition coefficient (Wildman–Crippen LogP) is 4.21. The molecule has 1 unspecified atom stereocenters. The van der Waals surface area contributed by atoms with Crippen molar-refractivity contribution in [3.05, 3.63) is 12.3 Å². The standard InChI is InChI=1S/C29H60N6O2S2/c1-25(11-8-20-35(21-10-16-31)29(5,6)7)34(19-9-15-30)22-13-27(37)33-18-24-39-38-23-17-32-26(36)12-14-28(2,3)4/h9,15,25H,8,10-14,16-24,30-31H2,1-7H3,(H,32,36)(H,33,37)/b15-9+. The van der Waals surface area contributed by atoms with Gasteiger partial charge in [-0.3, -0.25) is 19.4 Å². The molecule has 0 aromatic carbocycles. The summed E-state index contributed by atoms with van der Waals surface area (Å²) in [7, 11) is 3.46. The molecule has 0 heterocycles. The Morgan fingerprint density at radius 3 is 1.97 bits per heavy atom. The summed E-state index contributed by atoms with van der Waals surface area (Å²) in [6, 6.07) is 0.367. The Morgan fingerprint density at radius 2 is 1.46 bits per heavy atom. The van der Waals surface area contributed by atoms with Gasteiger partial charge in [-0.25, -0.2) is 0 Å². The van der Waals surface area contributed by atoms with E-state index in [0.29, 0.717) is 38.5 Å². The van der Waals surface area contributed by atoms with Crippen molar-refractivity contribution in [2.24, 2.45) is 16.9 Å². The van der Waals surface area contributed by atoms with Crippen molar-refractivity contribution in [2.75, 3.05) is 57.3 Å². The second-order valence-corrected chi connectivity index (χ2v) is 15.1. The maximum absolute atomic E-state index is 12.4. The number of hydrogen-bond donors (Lipinski definition) is 4. The van der Waals surface area contributed by atoms with E-state index in [4.69, 9.17) is 11.5 Å². The van der Waals surface area contributed by atoms with E-state index in [1.807, 2.05) is 6.08 Å². The molecule has 0 saturated heterocycles. The zero-order chi connectivity index (χ0) is 29.7. The van der Waals surface area contributed by atoms with Crippen LogP contribution >= 0.6 is 21.6 Å². The van der Waals surface area contributed by atoms with Crippen LogP contribution in [0.1, 0.15) is 87.0 Å². The van der Waals surface area contributed by atoms with Crippen LogP contribution in [0.3, 0.4) is 0 Å². The third kappa shape index (κ3) is 22.4. The van der Waals surface area contributed by atoms with Crippen molar-refractivity contribution in [1.82, 2.24) is 20.4 Å². The second kappa shape index (κ2) is 21.8. The lowest BCUT2D eigenvalue weighted by molar-refractivity contribution is -0.122. The van der Waals surface area contributed by atoms with Gasteiger partial charge in [0, 0.05) is 62.1 Å².